The van der Waals surface area contributed by atoms with Crippen molar-refractivity contribution >= 4 is 12.2 Å². The number of nitrogens with zero attached hydrogens (tertiary/aromatic N) is 4. The lowest BCUT2D eigenvalue weighted by Gasteiger charge is -2.56. The molecule has 0 spiro atoms. The first-order valence-electron chi connectivity index (χ1n) is 8.83. The molecule has 1 heterocycles. The molecule has 0 unspecified atom stereocenters. The van der Waals surface area contributed by atoms with Crippen LogP contribution in [0, 0.1) is 17.8 Å². The van der Waals surface area contributed by atoms with Crippen LogP contribution < -0.4 is 0 Å². The van der Waals surface area contributed by atoms with Gasteiger partial charge in [-0.3, -0.25) is 0 Å². The first-order valence-corrected chi connectivity index (χ1v) is 8.83. The van der Waals surface area contributed by atoms with Gasteiger partial charge in [0.15, 0.2) is 5.82 Å². The van der Waals surface area contributed by atoms with E-state index in [4.69, 9.17) is 0 Å². The molecule has 4 aliphatic rings. The van der Waals surface area contributed by atoms with Crippen molar-refractivity contribution in [3.8, 4) is 0 Å². The van der Waals surface area contributed by atoms with Crippen LogP contribution in [0.2, 0.25) is 0 Å². The molecule has 4 heteroatoms. The van der Waals surface area contributed by atoms with E-state index in [1.165, 1.54) is 44.1 Å². The van der Waals surface area contributed by atoms with Crippen LogP contribution >= 0.6 is 0 Å². The van der Waals surface area contributed by atoms with E-state index in [-0.39, 0.29) is 5.54 Å². The number of rotatable bonds is 3. The van der Waals surface area contributed by atoms with Gasteiger partial charge in [0.05, 0.1) is 5.54 Å². The summed E-state index contributed by atoms with van der Waals surface area (Å²) in [7, 11) is 0. The highest BCUT2D eigenvalue weighted by Gasteiger charge is 2.53. The average Bonchev–Trinajstić information content (AvgIpc) is 3.02. The van der Waals surface area contributed by atoms with E-state index in [9.17, 15) is 0 Å². The van der Waals surface area contributed by atoms with Gasteiger partial charge in [0.2, 0.25) is 0 Å². The minimum Gasteiger partial charge on any atom is -0.220 e. The first-order chi connectivity index (χ1) is 11.3. The molecule has 4 nitrogen and oxygen atoms in total. The molecule has 4 saturated carbocycles. The van der Waals surface area contributed by atoms with Gasteiger partial charge in [-0.15, -0.1) is 5.10 Å². The first kappa shape index (κ1) is 13.5. The second kappa shape index (κ2) is 5.02. The molecule has 4 aliphatic carbocycles. The van der Waals surface area contributed by atoms with Gasteiger partial charge >= 0.3 is 0 Å². The fraction of sp³-hybridized carbons (Fsp3) is 0.526. The fourth-order valence-corrected chi connectivity index (χ4v) is 5.70. The van der Waals surface area contributed by atoms with E-state index >= 15 is 0 Å². The maximum absolute atomic E-state index is 4.42. The summed E-state index contributed by atoms with van der Waals surface area (Å²) >= 11 is 0. The minimum atomic E-state index is 0.189. The summed E-state index contributed by atoms with van der Waals surface area (Å²) in [5, 5.41) is 12.7. The zero-order chi connectivity index (χ0) is 15.3. The van der Waals surface area contributed by atoms with E-state index < -0.39 is 0 Å². The molecule has 23 heavy (non-hydrogen) atoms. The van der Waals surface area contributed by atoms with Crippen molar-refractivity contribution in [3.63, 3.8) is 0 Å². The van der Waals surface area contributed by atoms with Crippen LogP contribution in [0.4, 0.5) is 0 Å². The fourth-order valence-electron chi connectivity index (χ4n) is 5.70. The Morgan fingerprint density at radius 2 is 1.57 bits per heavy atom. The number of hydrogen-bond acceptors (Lipinski definition) is 3. The van der Waals surface area contributed by atoms with Crippen molar-refractivity contribution in [3.05, 3.63) is 41.7 Å². The Bertz CT molecular complexity index is 696. The lowest BCUT2D eigenvalue weighted by Crippen LogP contribution is -2.52. The predicted molar refractivity (Wildman–Crippen MR) is 89.3 cm³/mol. The highest BCUT2D eigenvalue weighted by atomic mass is 15.6. The maximum Gasteiger partial charge on any atom is 0.175 e. The Labute approximate surface area is 136 Å². The molecule has 0 N–H and O–H groups in total. The van der Waals surface area contributed by atoms with Gasteiger partial charge in [-0.05, 0) is 78.3 Å². The minimum absolute atomic E-state index is 0.189. The summed E-state index contributed by atoms with van der Waals surface area (Å²) in [6.07, 6.45) is 12.3. The summed E-state index contributed by atoms with van der Waals surface area (Å²) in [6.45, 7) is 0. The predicted octanol–water partition coefficient (Wildman–Crippen LogP) is 3.77. The van der Waals surface area contributed by atoms with Crippen LogP contribution in [0.1, 0.15) is 49.9 Å². The maximum atomic E-state index is 4.42. The van der Waals surface area contributed by atoms with Crippen LogP contribution in [0.3, 0.4) is 0 Å². The average molecular weight is 306 g/mol. The molecule has 2 aromatic rings. The third-order valence-electron chi connectivity index (χ3n) is 6.17. The van der Waals surface area contributed by atoms with E-state index in [1.54, 1.807) is 0 Å². The van der Waals surface area contributed by atoms with Crippen LogP contribution in [0.5, 0.6) is 0 Å². The molecule has 0 radical (unpaired) electrons. The standard InChI is InChI=1S/C19H22N4/c1-2-4-14(5-3-1)6-7-18-20-21-22-23(18)19-11-15-8-16(12-19)10-17(9-15)13-19/h1-7,15-17H,8-13H2. The molecule has 0 atom stereocenters. The van der Waals surface area contributed by atoms with E-state index in [0.717, 1.165) is 23.6 Å². The van der Waals surface area contributed by atoms with Crippen molar-refractivity contribution in [1.82, 2.24) is 20.2 Å². The van der Waals surface area contributed by atoms with Gasteiger partial charge in [0.1, 0.15) is 0 Å². The van der Waals surface area contributed by atoms with Gasteiger partial charge in [-0.25, -0.2) is 4.68 Å². The van der Waals surface area contributed by atoms with Crippen molar-refractivity contribution in [2.75, 3.05) is 0 Å². The van der Waals surface area contributed by atoms with Crippen LogP contribution in [0.15, 0.2) is 30.3 Å². The molecule has 118 valence electrons. The smallest absolute Gasteiger partial charge is 0.175 e. The monoisotopic (exact) mass is 306 g/mol. The summed E-state index contributed by atoms with van der Waals surface area (Å²) in [6, 6.07) is 10.4. The molecular weight excluding hydrogens is 284 g/mol. The highest BCUT2D eigenvalue weighted by Crippen LogP contribution is 2.58. The third-order valence-corrected chi connectivity index (χ3v) is 6.17. The highest BCUT2D eigenvalue weighted by molar-refractivity contribution is 5.66. The Hall–Kier alpha value is -1.97. The van der Waals surface area contributed by atoms with Crippen molar-refractivity contribution in [1.29, 1.82) is 0 Å². The molecular formula is C19H22N4. The third kappa shape index (κ3) is 2.23. The van der Waals surface area contributed by atoms with Gasteiger partial charge in [0, 0.05) is 0 Å². The lowest BCUT2D eigenvalue weighted by atomic mass is 9.53. The topological polar surface area (TPSA) is 43.6 Å². The van der Waals surface area contributed by atoms with Gasteiger partial charge in [-0.1, -0.05) is 36.4 Å². The molecule has 6 rings (SSSR count). The number of hydrogen-bond donors (Lipinski definition) is 0. The molecule has 0 amide bonds. The number of tetrazole rings is 1. The molecule has 0 saturated heterocycles. The van der Waals surface area contributed by atoms with Crippen molar-refractivity contribution in [2.45, 2.75) is 44.1 Å². The molecule has 1 aromatic carbocycles. The molecule has 0 aliphatic heterocycles. The Morgan fingerprint density at radius 3 is 2.22 bits per heavy atom. The summed E-state index contributed by atoms with van der Waals surface area (Å²) in [5.41, 5.74) is 1.38. The second-order valence-corrected chi connectivity index (χ2v) is 7.83. The zero-order valence-corrected chi connectivity index (χ0v) is 13.3. The Morgan fingerprint density at radius 1 is 0.913 bits per heavy atom. The van der Waals surface area contributed by atoms with Gasteiger partial charge in [-0.2, -0.15) is 0 Å². The zero-order valence-electron chi connectivity index (χ0n) is 13.3. The Balaban J connectivity index is 1.48. The summed E-state index contributed by atoms with van der Waals surface area (Å²) in [4.78, 5) is 0. The number of aromatic nitrogens is 4. The van der Waals surface area contributed by atoms with E-state index in [1.807, 2.05) is 6.07 Å². The Kier molecular flexibility index (Phi) is 2.94. The SMILES string of the molecule is C(=Cc1nnnn1C12CC3CC(CC(C3)C1)C2)c1ccccc1. The quantitative estimate of drug-likeness (QED) is 0.867. The van der Waals surface area contributed by atoms with Crippen LogP contribution in [-0.4, -0.2) is 20.2 Å². The molecule has 1 aromatic heterocycles. The normalized spacial score (nSPS) is 35.2. The van der Waals surface area contributed by atoms with Crippen molar-refractivity contribution in [2.24, 2.45) is 17.8 Å². The molecule has 4 bridgehead atoms. The van der Waals surface area contributed by atoms with E-state index in [2.05, 4.69) is 56.6 Å². The molecule has 4 fully saturated rings. The summed E-state index contributed by atoms with van der Waals surface area (Å²) < 4.78 is 2.16. The van der Waals surface area contributed by atoms with Gasteiger partial charge in [0.25, 0.3) is 0 Å². The number of benzene rings is 1. The second-order valence-electron chi connectivity index (χ2n) is 7.83. The van der Waals surface area contributed by atoms with Crippen molar-refractivity contribution < 1.29 is 0 Å². The van der Waals surface area contributed by atoms with Crippen LogP contribution in [-0.2, 0) is 5.54 Å². The summed E-state index contributed by atoms with van der Waals surface area (Å²) in [5.74, 6) is 3.61. The lowest BCUT2D eigenvalue weighted by molar-refractivity contribution is -0.0506. The van der Waals surface area contributed by atoms with Gasteiger partial charge < -0.3 is 0 Å². The van der Waals surface area contributed by atoms with E-state index in [0.29, 0.717) is 0 Å². The van der Waals surface area contributed by atoms with Crippen LogP contribution in [0.25, 0.3) is 12.2 Å². The largest absolute Gasteiger partial charge is 0.220 e.